The Kier molecular flexibility index (Phi) is 6.68. The molecule has 132 valence electrons. The van der Waals surface area contributed by atoms with Crippen molar-refractivity contribution >= 4 is 21.8 Å². The molecule has 2 aliphatic heterocycles. The van der Waals surface area contributed by atoms with Crippen LogP contribution in [-0.4, -0.2) is 62.9 Å². The van der Waals surface area contributed by atoms with Crippen molar-refractivity contribution in [1.82, 2.24) is 15.5 Å². The average Bonchev–Trinajstić information content (AvgIpc) is 2.72. The number of likely N-dealkylation sites (tertiary alicyclic amines) is 1. The normalized spacial score (nSPS) is 24.3. The lowest BCUT2D eigenvalue weighted by Gasteiger charge is -2.20. The van der Waals surface area contributed by atoms with Crippen LogP contribution in [0.3, 0.4) is 0 Å². The molecule has 8 heteroatoms. The summed E-state index contributed by atoms with van der Waals surface area (Å²) in [6.45, 7) is 2.41. The van der Waals surface area contributed by atoms with Gasteiger partial charge in [0.05, 0.1) is 11.5 Å². The molecule has 0 aliphatic carbocycles. The van der Waals surface area contributed by atoms with Crippen molar-refractivity contribution in [3.05, 3.63) is 0 Å². The quantitative estimate of drug-likeness (QED) is 0.686. The predicted octanol–water partition coefficient (Wildman–Crippen LogP) is 0.513. The largest absolute Gasteiger partial charge is 0.343 e. The number of nitrogens with zero attached hydrogens (tertiary/aromatic N) is 1. The second-order valence-corrected chi connectivity index (χ2v) is 8.68. The Morgan fingerprint density at radius 3 is 2.78 bits per heavy atom. The van der Waals surface area contributed by atoms with E-state index in [0.29, 0.717) is 32.5 Å². The van der Waals surface area contributed by atoms with Gasteiger partial charge in [-0.1, -0.05) is 6.42 Å². The zero-order valence-electron chi connectivity index (χ0n) is 13.6. The maximum Gasteiger partial charge on any atom is 0.314 e. The van der Waals surface area contributed by atoms with Crippen LogP contribution < -0.4 is 10.6 Å². The Balaban J connectivity index is 1.55. The van der Waals surface area contributed by atoms with Gasteiger partial charge in [0.1, 0.15) is 0 Å². The van der Waals surface area contributed by atoms with E-state index in [9.17, 15) is 18.0 Å². The van der Waals surface area contributed by atoms with Crippen molar-refractivity contribution in [1.29, 1.82) is 0 Å². The molecule has 3 amide bonds. The van der Waals surface area contributed by atoms with E-state index in [-0.39, 0.29) is 29.4 Å². The monoisotopic (exact) mass is 345 g/mol. The first-order valence-electron chi connectivity index (χ1n) is 8.46. The molecule has 23 heavy (non-hydrogen) atoms. The fourth-order valence-corrected chi connectivity index (χ4v) is 4.94. The zero-order chi connectivity index (χ0) is 16.7. The van der Waals surface area contributed by atoms with Crippen LogP contribution in [-0.2, 0) is 14.6 Å². The first-order valence-corrected chi connectivity index (χ1v) is 10.3. The van der Waals surface area contributed by atoms with E-state index in [4.69, 9.17) is 0 Å². The summed E-state index contributed by atoms with van der Waals surface area (Å²) in [5.74, 6) is 0.643. The van der Waals surface area contributed by atoms with Crippen LogP contribution >= 0.6 is 0 Å². The molecule has 2 aliphatic rings. The molecule has 0 spiro atoms. The average molecular weight is 345 g/mol. The minimum absolute atomic E-state index is 0.0282. The third-order valence-corrected chi connectivity index (χ3v) is 6.28. The van der Waals surface area contributed by atoms with E-state index in [1.165, 1.54) is 0 Å². The van der Waals surface area contributed by atoms with Crippen molar-refractivity contribution < 1.29 is 18.0 Å². The first kappa shape index (κ1) is 18.0. The Labute approximate surface area is 138 Å². The predicted molar refractivity (Wildman–Crippen MR) is 87.8 cm³/mol. The molecule has 2 saturated heterocycles. The summed E-state index contributed by atoms with van der Waals surface area (Å²) in [6, 6.07) is -0.267. The molecule has 1 atom stereocenters. The number of sulfone groups is 1. The van der Waals surface area contributed by atoms with Gasteiger partial charge in [-0.05, 0) is 31.6 Å². The number of hydrogen-bond acceptors (Lipinski definition) is 4. The van der Waals surface area contributed by atoms with Crippen molar-refractivity contribution in [2.24, 2.45) is 5.92 Å². The fraction of sp³-hybridized carbons (Fsp3) is 0.867. The molecule has 0 bridgehead atoms. The number of amides is 3. The van der Waals surface area contributed by atoms with E-state index in [0.717, 1.165) is 32.2 Å². The van der Waals surface area contributed by atoms with E-state index in [1.807, 2.05) is 4.90 Å². The van der Waals surface area contributed by atoms with Crippen LogP contribution in [0.1, 0.15) is 38.5 Å². The molecule has 0 aromatic carbocycles. The Bertz CT molecular complexity index is 521. The summed E-state index contributed by atoms with van der Waals surface area (Å²) < 4.78 is 22.7. The summed E-state index contributed by atoms with van der Waals surface area (Å²) >= 11 is 0. The van der Waals surface area contributed by atoms with Gasteiger partial charge in [0.15, 0.2) is 9.84 Å². The maximum atomic E-state index is 11.8. The van der Waals surface area contributed by atoms with Gasteiger partial charge in [-0.2, -0.15) is 0 Å². The highest BCUT2D eigenvalue weighted by atomic mass is 32.2. The first-order chi connectivity index (χ1) is 11.0. The summed E-state index contributed by atoms with van der Waals surface area (Å²) in [5, 5.41) is 5.48. The third kappa shape index (κ3) is 6.37. The van der Waals surface area contributed by atoms with E-state index >= 15 is 0 Å². The molecule has 2 heterocycles. The second kappa shape index (κ2) is 8.52. The minimum atomic E-state index is -2.89. The van der Waals surface area contributed by atoms with Gasteiger partial charge in [0.25, 0.3) is 0 Å². The Morgan fingerprint density at radius 2 is 2.04 bits per heavy atom. The molecule has 0 radical (unpaired) electrons. The number of carbonyl (C=O) groups excluding carboxylic acids is 2. The van der Waals surface area contributed by atoms with Crippen molar-refractivity contribution in [2.75, 3.05) is 37.7 Å². The summed E-state index contributed by atoms with van der Waals surface area (Å²) in [5.41, 5.74) is 0. The lowest BCUT2D eigenvalue weighted by Crippen LogP contribution is -2.40. The van der Waals surface area contributed by atoms with Crippen LogP contribution in [0.2, 0.25) is 0 Å². The molecule has 1 unspecified atom stereocenters. The lowest BCUT2D eigenvalue weighted by molar-refractivity contribution is -0.130. The Hall–Kier alpha value is -1.31. The number of carbonyl (C=O) groups is 2. The van der Waals surface area contributed by atoms with Gasteiger partial charge in [0.2, 0.25) is 5.91 Å². The van der Waals surface area contributed by atoms with Gasteiger partial charge in [-0.15, -0.1) is 0 Å². The molecule has 0 aromatic rings. The smallest absolute Gasteiger partial charge is 0.314 e. The highest BCUT2D eigenvalue weighted by Gasteiger charge is 2.27. The maximum absolute atomic E-state index is 11.8. The van der Waals surface area contributed by atoms with Crippen molar-refractivity contribution in [3.8, 4) is 0 Å². The zero-order valence-corrected chi connectivity index (χ0v) is 14.4. The van der Waals surface area contributed by atoms with Gasteiger partial charge in [-0.3, -0.25) is 4.79 Å². The van der Waals surface area contributed by atoms with E-state index in [2.05, 4.69) is 10.6 Å². The number of urea groups is 1. The van der Waals surface area contributed by atoms with Gasteiger partial charge in [0, 0.05) is 32.6 Å². The molecule has 2 rings (SSSR count). The topological polar surface area (TPSA) is 95.6 Å². The standard InChI is InChI=1S/C15H27N3O4S/c19-14-5-2-1-3-8-18(14)9-4-7-16-15(20)17-11-13-6-10-23(21,22)12-13/h13H,1-12H2,(H2,16,17,20). The number of hydrogen-bond donors (Lipinski definition) is 2. The molecule has 7 nitrogen and oxygen atoms in total. The summed E-state index contributed by atoms with van der Waals surface area (Å²) in [4.78, 5) is 25.4. The van der Waals surface area contributed by atoms with Crippen LogP contribution in [0.15, 0.2) is 0 Å². The number of nitrogens with one attached hydrogen (secondary N) is 2. The van der Waals surface area contributed by atoms with Crippen LogP contribution in [0.5, 0.6) is 0 Å². The van der Waals surface area contributed by atoms with Crippen LogP contribution in [0.4, 0.5) is 4.79 Å². The highest BCUT2D eigenvalue weighted by molar-refractivity contribution is 7.91. The lowest BCUT2D eigenvalue weighted by atomic mass is 10.1. The third-order valence-electron chi connectivity index (χ3n) is 4.44. The Morgan fingerprint density at radius 1 is 1.22 bits per heavy atom. The van der Waals surface area contributed by atoms with Crippen LogP contribution in [0, 0.1) is 5.92 Å². The molecular formula is C15H27N3O4S. The second-order valence-electron chi connectivity index (χ2n) is 6.45. The molecule has 0 saturated carbocycles. The van der Waals surface area contributed by atoms with E-state index in [1.54, 1.807) is 0 Å². The molecular weight excluding hydrogens is 318 g/mol. The van der Waals surface area contributed by atoms with Crippen LogP contribution in [0.25, 0.3) is 0 Å². The van der Waals surface area contributed by atoms with Crippen molar-refractivity contribution in [2.45, 2.75) is 38.5 Å². The molecule has 2 fully saturated rings. The van der Waals surface area contributed by atoms with Gasteiger partial charge in [-0.25, -0.2) is 13.2 Å². The minimum Gasteiger partial charge on any atom is -0.343 e. The number of rotatable bonds is 6. The molecule has 2 N–H and O–H groups in total. The van der Waals surface area contributed by atoms with Gasteiger partial charge >= 0.3 is 6.03 Å². The van der Waals surface area contributed by atoms with E-state index < -0.39 is 9.84 Å². The SMILES string of the molecule is O=C(NCCCN1CCCCCC1=O)NCC1CCS(=O)(=O)C1. The molecule has 0 aromatic heterocycles. The van der Waals surface area contributed by atoms with Crippen molar-refractivity contribution in [3.63, 3.8) is 0 Å². The highest BCUT2D eigenvalue weighted by Crippen LogP contribution is 2.17. The summed E-state index contributed by atoms with van der Waals surface area (Å²) in [7, 11) is -2.89. The van der Waals surface area contributed by atoms with Gasteiger partial charge < -0.3 is 15.5 Å². The summed E-state index contributed by atoms with van der Waals surface area (Å²) in [6.07, 6.45) is 5.14. The fourth-order valence-electron chi connectivity index (χ4n) is 3.08.